The molecule has 1 fully saturated rings. The van der Waals surface area contributed by atoms with Crippen LogP contribution in [0.25, 0.3) is 0 Å². The van der Waals surface area contributed by atoms with E-state index in [0.29, 0.717) is 52.0 Å². The van der Waals surface area contributed by atoms with E-state index in [1.165, 1.54) is 0 Å². The molecule has 0 saturated carbocycles. The molecule has 21 heavy (non-hydrogen) atoms. The smallest absolute Gasteiger partial charge is 0.309 e. The molecule has 1 aliphatic heterocycles. The second-order valence-electron chi connectivity index (χ2n) is 5.59. The first-order valence-electron chi connectivity index (χ1n) is 7.44. The summed E-state index contributed by atoms with van der Waals surface area (Å²) in [5.74, 6) is -0.676. The summed E-state index contributed by atoms with van der Waals surface area (Å²) < 4.78 is 0. The number of hydrogen-bond acceptors (Lipinski definition) is 3. The van der Waals surface area contributed by atoms with Gasteiger partial charge in [0.15, 0.2) is 0 Å². The minimum absolute atomic E-state index is 0.0362. The van der Waals surface area contributed by atoms with Crippen LogP contribution in [0.5, 0.6) is 0 Å². The highest BCUT2D eigenvalue weighted by Gasteiger charge is 2.40. The van der Waals surface area contributed by atoms with Crippen molar-refractivity contribution in [3.63, 3.8) is 0 Å². The van der Waals surface area contributed by atoms with E-state index in [4.69, 9.17) is 0 Å². The van der Waals surface area contributed by atoms with Gasteiger partial charge in [-0.3, -0.25) is 14.5 Å². The number of rotatable bonds is 8. The molecule has 0 unspecified atom stereocenters. The second kappa shape index (κ2) is 7.98. The van der Waals surface area contributed by atoms with Gasteiger partial charge in [-0.25, -0.2) is 0 Å². The van der Waals surface area contributed by atoms with E-state index in [1.807, 2.05) is 11.8 Å². The molecule has 0 radical (unpaired) electrons. The Kier molecular flexibility index (Phi) is 6.62. The molecule has 0 bridgehead atoms. The standard InChI is InChI=1S/C16H26N2O3/c1-4-9-18(10-5-2)14(19)13-17-11-7-16(6-3,8-12-17)15(20)21/h4-5H,1-2,6-13H2,3H3,(H,20,21). The third-order valence-corrected chi connectivity index (χ3v) is 4.35. The molecule has 1 heterocycles. The normalized spacial score (nSPS) is 18.0. The maximum Gasteiger partial charge on any atom is 0.309 e. The Balaban J connectivity index is 2.54. The lowest BCUT2D eigenvalue weighted by Gasteiger charge is -2.38. The van der Waals surface area contributed by atoms with Crippen molar-refractivity contribution in [1.29, 1.82) is 0 Å². The molecule has 0 aliphatic carbocycles. The molecule has 0 aromatic heterocycles. The topological polar surface area (TPSA) is 60.9 Å². The van der Waals surface area contributed by atoms with Crippen LogP contribution >= 0.6 is 0 Å². The van der Waals surface area contributed by atoms with Crippen molar-refractivity contribution in [2.24, 2.45) is 5.41 Å². The lowest BCUT2D eigenvalue weighted by Crippen LogP contribution is -2.48. The fraction of sp³-hybridized carbons (Fsp3) is 0.625. The molecule has 5 heteroatoms. The predicted molar refractivity (Wildman–Crippen MR) is 83.0 cm³/mol. The SMILES string of the molecule is C=CCN(CC=C)C(=O)CN1CCC(CC)(C(=O)O)CC1. The lowest BCUT2D eigenvalue weighted by molar-refractivity contribution is -0.152. The molecule has 0 spiro atoms. The summed E-state index contributed by atoms with van der Waals surface area (Å²) in [6.45, 7) is 11.9. The van der Waals surface area contributed by atoms with Crippen LogP contribution in [0.4, 0.5) is 0 Å². The van der Waals surface area contributed by atoms with Crippen LogP contribution in [0, 0.1) is 5.41 Å². The van der Waals surface area contributed by atoms with Gasteiger partial charge in [-0.15, -0.1) is 13.2 Å². The van der Waals surface area contributed by atoms with Gasteiger partial charge in [0, 0.05) is 13.1 Å². The number of carbonyl (C=O) groups is 2. The molecule has 1 amide bonds. The lowest BCUT2D eigenvalue weighted by atomic mass is 9.76. The van der Waals surface area contributed by atoms with E-state index in [2.05, 4.69) is 13.2 Å². The van der Waals surface area contributed by atoms with Crippen molar-refractivity contribution in [1.82, 2.24) is 9.80 Å². The van der Waals surface area contributed by atoms with Gasteiger partial charge in [0.25, 0.3) is 0 Å². The maximum atomic E-state index is 12.2. The number of carboxylic acids is 1. The van der Waals surface area contributed by atoms with Gasteiger partial charge in [-0.2, -0.15) is 0 Å². The maximum absolute atomic E-state index is 12.2. The highest BCUT2D eigenvalue weighted by Crippen LogP contribution is 2.34. The Labute approximate surface area is 126 Å². The van der Waals surface area contributed by atoms with E-state index in [-0.39, 0.29) is 5.91 Å². The van der Waals surface area contributed by atoms with Gasteiger partial charge in [0.2, 0.25) is 5.91 Å². The molecule has 0 aromatic rings. The van der Waals surface area contributed by atoms with E-state index in [1.54, 1.807) is 17.1 Å². The van der Waals surface area contributed by atoms with Crippen LogP contribution in [-0.2, 0) is 9.59 Å². The van der Waals surface area contributed by atoms with Crippen LogP contribution in [0.1, 0.15) is 26.2 Å². The molecule has 0 atom stereocenters. The number of aliphatic carboxylic acids is 1. The van der Waals surface area contributed by atoms with Crippen molar-refractivity contribution in [2.45, 2.75) is 26.2 Å². The molecule has 5 nitrogen and oxygen atoms in total. The number of hydrogen-bond donors (Lipinski definition) is 1. The zero-order valence-corrected chi connectivity index (χ0v) is 12.9. The number of piperidine rings is 1. The minimum Gasteiger partial charge on any atom is -0.481 e. The van der Waals surface area contributed by atoms with Gasteiger partial charge in [0.1, 0.15) is 0 Å². The van der Waals surface area contributed by atoms with Crippen LogP contribution < -0.4 is 0 Å². The summed E-state index contributed by atoms with van der Waals surface area (Å²) in [7, 11) is 0. The third kappa shape index (κ3) is 4.43. The summed E-state index contributed by atoms with van der Waals surface area (Å²) in [4.78, 5) is 27.4. The summed E-state index contributed by atoms with van der Waals surface area (Å²) in [5, 5.41) is 9.37. The summed E-state index contributed by atoms with van der Waals surface area (Å²) >= 11 is 0. The van der Waals surface area contributed by atoms with Crippen molar-refractivity contribution in [2.75, 3.05) is 32.7 Å². The van der Waals surface area contributed by atoms with Crippen LogP contribution in [0.2, 0.25) is 0 Å². The van der Waals surface area contributed by atoms with Gasteiger partial charge in [-0.05, 0) is 32.4 Å². The molecular formula is C16H26N2O3. The van der Waals surface area contributed by atoms with E-state index < -0.39 is 11.4 Å². The van der Waals surface area contributed by atoms with Crippen LogP contribution in [-0.4, -0.2) is 59.5 Å². The van der Waals surface area contributed by atoms with Gasteiger partial charge in [-0.1, -0.05) is 19.1 Å². The van der Waals surface area contributed by atoms with Crippen molar-refractivity contribution >= 4 is 11.9 Å². The Bertz CT molecular complexity index is 388. The minimum atomic E-state index is -0.712. The molecule has 1 rings (SSSR count). The first kappa shape index (κ1) is 17.4. The zero-order chi connectivity index (χ0) is 15.9. The number of likely N-dealkylation sites (tertiary alicyclic amines) is 1. The van der Waals surface area contributed by atoms with Crippen molar-refractivity contribution in [3.8, 4) is 0 Å². The van der Waals surface area contributed by atoms with Gasteiger partial charge in [0.05, 0.1) is 12.0 Å². The first-order chi connectivity index (χ1) is 9.99. The Morgan fingerprint density at radius 3 is 2.14 bits per heavy atom. The van der Waals surface area contributed by atoms with Crippen molar-refractivity contribution < 1.29 is 14.7 Å². The Hall–Kier alpha value is -1.62. The predicted octanol–water partition coefficient (Wildman–Crippen LogP) is 1.76. The zero-order valence-electron chi connectivity index (χ0n) is 12.9. The summed E-state index contributed by atoms with van der Waals surface area (Å²) in [5.41, 5.74) is -0.610. The van der Waals surface area contributed by atoms with Crippen LogP contribution in [0.15, 0.2) is 25.3 Å². The van der Waals surface area contributed by atoms with Gasteiger partial charge >= 0.3 is 5.97 Å². The Morgan fingerprint density at radius 1 is 1.24 bits per heavy atom. The second-order valence-corrected chi connectivity index (χ2v) is 5.59. The molecule has 118 valence electrons. The Morgan fingerprint density at radius 2 is 1.76 bits per heavy atom. The average Bonchev–Trinajstić information content (AvgIpc) is 2.47. The monoisotopic (exact) mass is 294 g/mol. The molecular weight excluding hydrogens is 268 g/mol. The largest absolute Gasteiger partial charge is 0.481 e. The fourth-order valence-electron chi connectivity index (χ4n) is 2.74. The number of carbonyl (C=O) groups excluding carboxylic acids is 1. The number of carboxylic acid groups (broad SMARTS) is 1. The molecule has 1 saturated heterocycles. The third-order valence-electron chi connectivity index (χ3n) is 4.35. The van der Waals surface area contributed by atoms with E-state index >= 15 is 0 Å². The van der Waals surface area contributed by atoms with Gasteiger partial charge < -0.3 is 10.0 Å². The summed E-state index contributed by atoms with van der Waals surface area (Å²) in [6, 6.07) is 0. The fourth-order valence-corrected chi connectivity index (χ4v) is 2.74. The highest BCUT2D eigenvalue weighted by atomic mass is 16.4. The van der Waals surface area contributed by atoms with Crippen LogP contribution in [0.3, 0.4) is 0 Å². The molecule has 1 aliphatic rings. The molecule has 0 aromatic carbocycles. The quantitative estimate of drug-likeness (QED) is 0.693. The molecule has 1 N–H and O–H groups in total. The summed E-state index contributed by atoms with van der Waals surface area (Å²) in [6.07, 6.45) is 5.25. The van der Waals surface area contributed by atoms with Crippen molar-refractivity contribution in [3.05, 3.63) is 25.3 Å². The van der Waals surface area contributed by atoms with E-state index in [0.717, 1.165) is 0 Å². The highest BCUT2D eigenvalue weighted by molar-refractivity contribution is 5.79. The number of nitrogens with zero attached hydrogens (tertiary/aromatic N) is 2. The van der Waals surface area contributed by atoms with E-state index in [9.17, 15) is 14.7 Å². The average molecular weight is 294 g/mol. The first-order valence-corrected chi connectivity index (χ1v) is 7.44. The number of amides is 1.